The van der Waals surface area contributed by atoms with E-state index in [0.717, 1.165) is 89.9 Å². The number of aliphatic hydroxyl groups excluding tert-OH is 5. The summed E-state index contributed by atoms with van der Waals surface area (Å²) in [5.74, 6) is -0.219. The van der Waals surface area contributed by atoms with Gasteiger partial charge in [0.05, 0.1) is 32.0 Å². The molecule has 1 aliphatic rings. The number of aliphatic hydroxyl groups is 5. The third-order valence-corrected chi connectivity index (χ3v) is 14.2. The lowest BCUT2D eigenvalue weighted by Crippen LogP contribution is -2.60. The zero-order chi connectivity index (χ0) is 52.4. The van der Waals surface area contributed by atoms with Crippen molar-refractivity contribution in [3.05, 3.63) is 36.5 Å². The summed E-state index contributed by atoms with van der Waals surface area (Å²) in [6, 6.07) is -0.838. The van der Waals surface area contributed by atoms with Gasteiger partial charge < -0.3 is 45.1 Å². The van der Waals surface area contributed by atoms with Gasteiger partial charge in [-0.05, 0) is 70.6 Å². The van der Waals surface area contributed by atoms with Gasteiger partial charge in [0.1, 0.15) is 24.4 Å². The highest BCUT2D eigenvalue weighted by atomic mass is 16.7. The number of carbonyl (C=O) groups is 2. The van der Waals surface area contributed by atoms with E-state index in [0.29, 0.717) is 19.4 Å². The monoisotopic (exact) mass is 1020 g/mol. The normalized spacial score (nSPS) is 19.2. The third kappa shape index (κ3) is 40.2. The fourth-order valence-electron chi connectivity index (χ4n) is 9.39. The Morgan fingerprint density at radius 2 is 0.903 bits per heavy atom. The average Bonchev–Trinajstić information content (AvgIpc) is 3.38. The van der Waals surface area contributed by atoms with Gasteiger partial charge in [-0.1, -0.05) is 230 Å². The van der Waals surface area contributed by atoms with Crippen molar-refractivity contribution in [2.75, 3.05) is 19.8 Å². The highest BCUT2D eigenvalue weighted by molar-refractivity contribution is 5.76. The molecular formula is C61H113NO10. The summed E-state index contributed by atoms with van der Waals surface area (Å²) in [6.07, 6.45) is 52.3. The topological polar surface area (TPSA) is 175 Å². The van der Waals surface area contributed by atoms with E-state index < -0.39 is 49.5 Å². The maximum absolute atomic E-state index is 13.0. The number of esters is 1. The summed E-state index contributed by atoms with van der Waals surface area (Å²) in [5, 5.41) is 54.4. The second kappa shape index (κ2) is 51.0. The third-order valence-electron chi connectivity index (χ3n) is 14.2. The molecule has 6 N–H and O–H groups in total. The van der Waals surface area contributed by atoms with E-state index in [1.165, 1.54) is 161 Å². The van der Waals surface area contributed by atoms with E-state index in [1.54, 1.807) is 6.08 Å². The average molecular weight is 1020 g/mol. The summed E-state index contributed by atoms with van der Waals surface area (Å²) in [6.45, 7) is 4.31. The van der Waals surface area contributed by atoms with Gasteiger partial charge in [-0.3, -0.25) is 9.59 Å². The molecule has 0 aromatic heterocycles. The van der Waals surface area contributed by atoms with Crippen molar-refractivity contribution in [3.63, 3.8) is 0 Å². The zero-order valence-corrected chi connectivity index (χ0v) is 46.4. The van der Waals surface area contributed by atoms with Crippen LogP contribution in [0, 0.1) is 0 Å². The molecule has 7 unspecified atom stereocenters. The van der Waals surface area contributed by atoms with Gasteiger partial charge in [-0.15, -0.1) is 0 Å². The molecule has 0 saturated carbocycles. The number of unbranched alkanes of at least 4 members (excludes halogenated alkanes) is 34. The van der Waals surface area contributed by atoms with Gasteiger partial charge in [-0.2, -0.15) is 0 Å². The van der Waals surface area contributed by atoms with E-state index in [9.17, 15) is 35.1 Å². The molecule has 1 saturated heterocycles. The molecule has 11 nitrogen and oxygen atoms in total. The molecule has 1 rings (SSSR count). The number of hydrogen-bond acceptors (Lipinski definition) is 10. The van der Waals surface area contributed by atoms with Crippen LogP contribution in [0.3, 0.4) is 0 Å². The summed E-state index contributed by atoms with van der Waals surface area (Å²) in [5.41, 5.74) is 0. The SMILES string of the molecule is CCCCCCCCCCC/C=C/CC/C=C/C(O)C(COC1OC(CO)C(O)C(O)C1O)NC(=O)CCCCCCC/C=C\CCCCCCCCCCCOC(=O)CCCCCCCCCCCCC. The first-order valence-electron chi connectivity index (χ1n) is 30.3. The van der Waals surface area contributed by atoms with Crippen molar-refractivity contribution >= 4 is 11.9 Å². The standard InChI is InChI=1S/C61H113NO10/c1-3-5-7-9-11-13-15-16-21-24-28-31-35-39-43-47-54(64)53(52-71-61-60(69)59(68)58(67)55(51-63)72-61)62-56(65)48-44-40-36-32-29-25-22-19-17-18-20-23-26-30-34-38-42-46-50-70-57(66)49-45-41-37-33-27-14-12-10-8-6-4-2/h19,22,28,31,43,47,53-55,58-61,63-64,67-69H,3-18,20-21,23-27,29-30,32-42,44-46,48-52H2,1-2H3,(H,62,65)/b22-19-,31-28+,47-43+. The maximum atomic E-state index is 13.0. The van der Waals surface area contributed by atoms with Crippen molar-refractivity contribution in [2.45, 2.75) is 320 Å². The molecule has 0 spiro atoms. The maximum Gasteiger partial charge on any atom is 0.305 e. The smallest absolute Gasteiger partial charge is 0.305 e. The van der Waals surface area contributed by atoms with Crippen LogP contribution >= 0.6 is 0 Å². The van der Waals surface area contributed by atoms with Crippen molar-refractivity contribution < 1.29 is 49.3 Å². The Morgan fingerprint density at radius 1 is 0.500 bits per heavy atom. The number of hydrogen-bond donors (Lipinski definition) is 6. The molecule has 422 valence electrons. The van der Waals surface area contributed by atoms with Crippen LogP contribution in [0.2, 0.25) is 0 Å². The first-order valence-corrected chi connectivity index (χ1v) is 30.3. The summed E-state index contributed by atoms with van der Waals surface area (Å²) in [4.78, 5) is 25.1. The van der Waals surface area contributed by atoms with Gasteiger partial charge in [0.15, 0.2) is 6.29 Å². The minimum atomic E-state index is -1.58. The number of nitrogens with one attached hydrogen (secondary N) is 1. The summed E-state index contributed by atoms with van der Waals surface area (Å²) < 4.78 is 16.7. The van der Waals surface area contributed by atoms with Gasteiger partial charge in [0.2, 0.25) is 5.91 Å². The van der Waals surface area contributed by atoms with Crippen LogP contribution < -0.4 is 5.32 Å². The number of amides is 1. The second-order valence-corrected chi connectivity index (χ2v) is 21.0. The van der Waals surface area contributed by atoms with Crippen molar-refractivity contribution in [2.24, 2.45) is 0 Å². The lowest BCUT2D eigenvalue weighted by atomic mass is 9.99. The zero-order valence-electron chi connectivity index (χ0n) is 46.4. The molecule has 11 heteroatoms. The number of carbonyl (C=O) groups excluding carboxylic acids is 2. The van der Waals surface area contributed by atoms with E-state index >= 15 is 0 Å². The van der Waals surface area contributed by atoms with Gasteiger partial charge in [-0.25, -0.2) is 0 Å². The van der Waals surface area contributed by atoms with Crippen molar-refractivity contribution in [1.82, 2.24) is 5.32 Å². The minimum absolute atomic E-state index is 0.0138. The Labute approximate surface area is 441 Å². The molecule has 1 fully saturated rings. The molecule has 72 heavy (non-hydrogen) atoms. The van der Waals surface area contributed by atoms with Crippen LogP contribution in [0.25, 0.3) is 0 Å². The molecule has 1 heterocycles. The molecule has 1 amide bonds. The Bertz CT molecular complexity index is 1290. The Kier molecular flexibility index (Phi) is 48.1. The Morgan fingerprint density at radius 3 is 1.38 bits per heavy atom. The van der Waals surface area contributed by atoms with Crippen LogP contribution in [0.1, 0.15) is 277 Å². The number of rotatable bonds is 52. The molecule has 0 aromatic carbocycles. The fourth-order valence-corrected chi connectivity index (χ4v) is 9.39. The second-order valence-electron chi connectivity index (χ2n) is 21.0. The highest BCUT2D eigenvalue weighted by Gasteiger charge is 2.44. The van der Waals surface area contributed by atoms with E-state index in [4.69, 9.17) is 14.2 Å². The molecule has 7 atom stereocenters. The first kappa shape index (κ1) is 67.9. The fraction of sp³-hybridized carbons (Fsp3) is 0.869. The van der Waals surface area contributed by atoms with Crippen molar-refractivity contribution in [1.29, 1.82) is 0 Å². The van der Waals surface area contributed by atoms with Crippen LogP contribution in [-0.4, -0.2) is 100 Å². The number of ether oxygens (including phenoxy) is 3. The quantitative estimate of drug-likeness (QED) is 0.0195. The van der Waals surface area contributed by atoms with Gasteiger partial charge in [0, 0.05) is 12.8 Å². The largest absolute Gasteiger partial charge is 0.466 e. The van der Waals surface area contributed by atoms with Crippen LogP contribution in [-0.2, 0) is 23.8 Å². The van der Waals surface area contributed by atoms with E-state index in [-0.39, 0.29) is 18.5 Å². The van der Waals surface area contributed by atoms with Crippen LogP contribution in [0.4, 0.5) is 0 Å². The lowest BCUT2D eigenvalue weighted by Gasteiger charge is -2.40. The van der Waals surface area contributed by atoms with Crippen molar-refractivity contribution in [3.8, 4) is 0 Å². The summed E-state index contributed by atoms with van der Waals surface area (Å²) in [7, 11) is 0. The van der Waals surface area contributed by atoms with Gasteiger partial charge in [0.25, 0.3) is 0 Å². The highest BCUT2D eigenvalue weighted by Crippen LogP contribution is 2.23. The molecular weight excluding hydrogens is 907 g/mol. The molecule has 0 aromatic rings. The predicted molar refractivity (Wildman–Crippen MR) is 297 cm³/mol. The summed E-state index contributed by atoms with van der Waals surface area (Å²) >= 11 is 0. The molecule has 0 radical (unpaired) electrons. The Hall–Kier alpha value is -2.12. The Balaban J connectivity index is 2.15. The number of allylic oxidation sites excluding steroid dienone is 5. The van der Waals surface area contributed by atoms with Crippen LogP contribution in [0.15, 0.2) is 36.5 Å². The lowest BCUT2D eigenvalue weighted by molar-refractivity contribution is -0.302. The minimum Gasteiger partial charge on any atom is -0.466 e. The van der Waals surface area contributed by atoms with Crippen LogP contribution in [0.5, 0.6) is 0 Å². The van der Waals surface area contributed by atoms with E-state index in [1.807, 2.05) is 6.08 Å². The van der Waals surface area contributed by atoms with Gasteiger partial charge >= 0.3 is 5.97 Å². The predicted octanol–water partition coefficient (Wildman–Crippen LogP) is 13.9. The first-order chi connectivity index (χ1) is 35.2. The molecule has 0 bridgehead atoms. The molecule has 0 aliphatic carbocycles. The molecule has 1 aliphatic heterocycles. The van der Waals surface area contributed by atoms with E-state index in [2.05, 4.69) is 43.5 Å².